The van der Waals surface area contributed by atoms with Crippen LogP contribution in [0.3, 0.4) is 0 Å². The largest absolute Gasteiger partial charge is 0.352 e. The molecule has 0 radical (unpaired) electrons. The van der Waals surface area contributed by atoms with Crippen molar-refractivity contribution in [1.82, 2.24) is 0 Å². The van der Waals surface area contributed by atoms with Crippen molar-refractivity contribution >= 4 is 0 Å². The Morgan fingerprint density at radius 3 is 2.14 bits per heavy atom. The van der Waals surface area contributed by atoms with Crippen LogP contribution in [0.25, 0.3) is 0 Å². The molecule has 0 atom stereocenters. The average molecular weight is 198 g/mol. The smallest absolute Gasteiger partial charge is 0.176 e. The maximum absolute atomic E-state index is 5.08. The number of allylic oxidation sites excluding steroid dienone is 3. The van der Waals surface area contributed by atoms with E-state index >= 15 is 0 Å². The zero-order valence-corrected chi connectivity index (χ0v) is 9.96. The van der Waals surface area contributed by atoms with E-state index in [9.17, 15) is 0 Å². The van der Waals surface area contributed by atoms with E-state index in [0.29, 0.717) is 0 Å². The Kier molecular flexibility index (Phi) is 7.44. The molecule has 2 heteroatoms. The van der Waals surface area contributed by atoms with Crippen molar-refractivity contribution in [1.29, 1.82) is 0 Å². The Morgan fingerprint density at radius 2 is 1.71 bits per heavy atom. The van der Waals surface area contributed by atoms with Gasteiger partial charge in [0.25, 0.3) is 0 Å². The second-order valence-electron chi connectivity index (χ2n) is 3.67. The Hall–Kier alpha value is -0.600. The molecule has 0 aromatic carbocycles. The molecule has 0 bridgehead atoms. The minimum absolute atomic E-state index is 0.207. The summed E-state index contributed by atoms with van der Waals surface area (Å²) in [6.07, 6.45) is 6.20. The molecule has 0 saturated carbocycles. The Balaban J connectivity index is 3.93. The zero-order valence-electron chi connectivity index (χ0n) is 9.96. The lowest BCUT2D eigenvalue weighted by atomic mass is 10.1. The van der Waals surface area contributed by atoms with Crippen molar-refractivity contribution in [2.75, 3.05) is 14.2 Å². The number of ether oxygens (including phenoxy) is 2. The first-order valence-electron chi connectivity index (χ1n) is 4.96. The lowest BCUT2D eigenvalue weighted by molar-refractivity contribution is -0.0671. The van der Waals surface area contributed by atoms with E-state index in [1.165, 1.54) is 11.1 Å². The van der Waals surface area contributed by atoms with Gasteiger partial charge in [-0.3, -0.25) is 0 Å². The fourth-order valence-corrected chi connectivity index (χ4v) is 1.14. The van der Waals surface area contributed by atoms with Gasteiger partial charge in [0, 0.05) is 14.2 Å². The van der Waals surface area contributed by atoms with Crippen LogP contribution < -0.4 is 0 Å². The van der Waals surface area contributed by atoms with Gasteiger partial charge in [0.15, 0.2) is 6.29 Å². The highest BCUT2D eigenvalue weighted by Gasteiger charge is 2.00. The second-order valence-corrected chi connectivity index (χ2v) is 3.67. The molecule has 2 nitrogen and oxygen atoms in total. The summed E-state index contributed by atoms with van der Waals surface area (Å²) >= 11 is 0. The average Bonchev–Trinajstić information content (AvgIpc) is 2.13. The molecule has 0 N–H and O–H groups in total. The van der Waals surface area contributed by atoms with Gasteiger partial charge in [0.2, 0.25) is 0 Å². The van der Waals surface area contributed by atoms with E-state index in [1.807, 2.05) is 6.08 Å². The molecule has 0 rings (SSSR count). The fourth-order valence-electron chi connectivity index (χ4n) is 1.14. The maximum atomic E-state index is 5.08. The standard InChI is InChI=1S/C12H22O2/c1-10(2)7-6-8-11(3)9-12(13-4)14-5/h7,9,12H,6,8H2,1-5H3/b11-9+. The van der Waals surface area contributed by atoms with Crippen LogP contribution in [0.5, 0.6) is 0 Å². The van der Waals surface area contributed by atoms with Crippen molar-refractivity contribution in [2.24, 2.45) is 0 Å². The summed E-state index contributed by atoms with van der Waals surface area (Å²) in [5.74, 6) is 0. The lowest BCUT2D eigenvalue weighted by Crippen LogP contribution is -2.09. The third kappa shape index (κ3) is 6.87. The van der Waals surface area contributed by atoms with Gasteiger partial charge in [-0.15, -0.1) is 0 Å². The molecule has 0 heterocycles. The molecule has 0 aliphatic heterocycles. The first-order chi connectivity index (χ1) is 6.60. The molecule has 0 saturated heterocycles. The quantitative estimate of drug-likeness (QED) is 0.481. The summed E-state index contributed by atoms with van der Waals surface area (Å²) in [4.78, 5) is 0. The highest BCUT2D eigenvalue weighted by molar-refractivity contribution is 5.03. The van der Waals surface area contributed by atoms with E-state index in [4.69, 9.17) is 9.47 Å². The SMILES string of the molecule is COC(/C=C(\C)CCC=C(C)C)OC. The summed E-state index contributed by atoms with van der Waals surface area (Å²) in [5.41, 5.74) is 2.67. The number of hydrogen-bond acceptors (Lipinski definition) is 2. The van der Waals surface area contributed by atoms with Gasteiger partial charge in [0.05, 0.1) is 0 Å². The number of methoxy groups -OCH3 is 2. The number of rotatable bonds is 6. The summed E-state index contributed by atoms with van der Waals surface area (Å²) in [6, 6.07) is 0. The minimum Gasteiger partial charge on any atom is -0.352 e. The second kappa shape index (κ2) is 7.77. The zero-order chi connectivity index (χ0) is 11.0. The molecule has 0 aromatic heterocycles. The first-order valence-corrected chi connectivity index (χ1v) is 4.96. The normalized spacial score (nSPS) is 12.0. The summed E-state index contributed by atoms with van der Waals surface area (Å²) in [6.45, 7) is 6.34. The van der Waals surface area contributed by atoms with Gasteiger partial charge in [0.1, 0.15) is 0 Å². The van der Waals surface area contributed by atoms with Gasteiger partial charge in [-0.1, -0.05) is 17.2 Å². The summed E-state index contributed by atoms with van der Waals surface area (Å²) in [5, 5.41) is 0. The van der Waals surface area contributed by atoms with E-state index in [1.54, 1.807) is 14.2 Å². The van der Waals surface area contributed by atoms with E-state index < -0.39 is 0 Å². The molecule has 0 spiro atoms. The molecule has 14 heavy (non-hydrogen) atoms. The van der Waals surface area contributed by atoms with Crippen molar-refractivity contribution < 1.29 is 9.47 Å². The molecule has 0 fully saturated rings. The Labute approximate surface area is 87.6 Å². The maximum Gasteiger partial charge on any atom is 0.176 e. The van der Waals surface area contributed by atoms with Crippen molar-refractivity contribution in [3.05, 3.63) is 23.3 Å². The van der Waals surface area contributed by atoms with E-state index in [-0.39, 0.29) is 6.29 Å². The van der Waals surface area contributed by atoms with Crippen LogP contribution in [0.2, 0.25) is 0 Å². The van der Waals surface area contributed by atoms with Gasteiger partial charge in [-0.25, -0.2) is 0 Å². The summed E-state index contributed by atoms with van der Waals surface area (Å²) < 4.78 is 10.2. The van der Waals surface area contributed by atoms with Crippen molar-refractivity contribution in [2.45, 2.75) is 39.9 Å². The third-order valence-corrected chi connectivity index (χ3v) is 1.98. The van der Waals surface area contributed by atoms with Crippen LogP contribution in [0, 0.1) is 0 Å². The van der Waals surface area contributed by atoms with Gasteiger partial charge < -0.3 is 9.47 Å². The molecule has 0 amide bonds. The molecular weight excluding hydrogens is 176 g/mol. The number of hydrogen-bond donors (Lipinski definition) is 0. The van der Waals surface area contributed by atoms with Gasteiger partial charge in [-0.05, 0) is 39.7 Å². The monoisotopic (exact) mass is 198 g/mol. The van der Waals surface area contributed by atoms with E-state index in [0.717, 1.165) is 12.8 Å². The molecule has 0 aliphatic carbocycles. The van der Waals surface area contributed by atoms with Crippen molar-refractivity contribution in [3.63, 3.8) is 0 Å². The van der Waals surface area contributed by atoms with Crippen LogP contribution in [0.1, 0.15) is 33.6 Å². The van der Waals surface area contributed by atoms with Crippen molar-refractivity contribution in [3.8, 4) is 0 Å². The Morgan fingerprint density at radius 1 is 1.14 bits per heavy atom. The topological polar surface area (TPSA) is 18.5 Å². The molecule has 82 valence electrons. The third-order valence-electron chi connectivity index (χ3n) is 1.98. The van der Waals surface area contributed by atoms with Crippen LogP contribution in [0.15, 0.2) is 23.3 Å². The predicted molar refractivity (Wildman–Crippen MR) is 60.2 cm³/mol. The molecule has 0 aliphatic rings. The van der Waals surface area contributed by atoms with Crippen LogP contribution >= 0.6 is 0 Å². The van der Waals surface area contributed by atoms with Crippen LogP contribution in [0.4, 0.5) is 0 Å². The molecule has 0 aromatic rings. The molecular formula is C12H22O2. The van der Waals surface area contributed by atoms with E-state index in [2.05, 4.69) is 26.8 Å². The highest BCUT2D eigenvalue weighted by atomic mass is 16.7. The molecule has 0 unspecified atom stereocenters. The van der Waals surface area contributed by atoms with Crippen LogP contribution in [-0.2, 0) is 9.47 Å². The van der Waals surface area contributed by atoms with Crippen LogP contribution in [-0.4, -0.2) is 20.5 Å². The van der Waals surface area contributed by atoms with Gasteiger partial charge >= 0.3 is 0 Å². The minimum atomic E-state index is -0.207. The first kappa shape index (κ1) is 13.4. The summed E-state index contributed by atoms with van der Waals surface area (Å²) in [7, 11) is 3.29. The lowest BCUT2D eigenvalue weighted by Gasteiger charge is -2.09. The fraction of sp³-hybridized carbons (Fsp3) is 0.667. The van der Waals surface area contributed by atoms with Gasteiger partial charge in [-0.2, -0.15) is 0 Å². The Bertz CT molecular complexity index is 196. The highest BCUT2D eigenvalue weighted by Crippen LogP contribution is 2.08. The predicted octanol–water partition coefficient (Wildman–Crippen LogP) is 3.30.